The SMILES string of the molecule is Cc1ccc(Cl)c(Oc2ccc(CBr)c(Br)c2)c1. The lowest BCUT2D eigenvalue weighted by atomic mass is 10.2. The highest BCUT2D eigenvalue weighted by molar-refractivity contribution is 9.10. The Morgan fingerprint density at radius 3 is 2.61 bits per heavy atom. The standard InChI is InChI=1S/C14H11Br2ClO/c1-9-2-5-13(17)14(6-9)18-11-4-3-10(8-15)12(16)7-11/h2-7H,8H2,1H3. The van der Waals surface area contributed by atoms with Crippen molar-refractivity contribution in [2.24, 2.45) is 0 Å². The van der Waals surface area contributed by atoms with Gasteiger partial charge in [0.25, 0.3) is 0 Å². The number of halogens is 3. The van der Waals surface area contributed by atoms with Crippen molar-refractivity contribution in [1.82, 2.24) is 0 Å². The van der Waals surface area contributed by atoms with Crippen LogP contribution in [0.15, 0.2) is 40.9 Å². The monoisotopic (exact) mass is 388 g/mol. The fraction of sp³-hybridized carbons (Fsp3) is 0.143. The van der Waals surface area contributed by atoms with E-state index in [-0.39, 0.29) is 0 Å². The molecule has 94 valence electrons. The molecule has 0 radical (unpaired) electrons. The molecule has 0 fully saturated rings. The highest BCUT2D eigenvalue weighted by Crippen LogP contribution is 2.32. The molecular formula is C14H11Br2ClO. The quantitative estimate of drug-likeness (QED) is 0.576. The van der Waals surface area contributed by atoms with E-state index in [9.17, 15) is 0 Å². The smallest absolute Gasteiger partial charge is 0.146 e. The average molecular weight is 391 g/mol. The van der Waals surface area contributed by atoms with Crippen molar-refractivity contribution >= 4 is 43.5 Å². The molecule has 0 unspecified atom stereocenters. The number of aryl methyl sites for hydroxylation is 1. The molecule has 0 aliphatic rings. The predicted molar refractivity (Wildman–Crippen MR) is 83.0 cm³/mol. The first-order valence-electron chi connectivity index (χ1n) is 5.38. The molecule has 0 amide bonds. The van der Waals surface area contributed by atoms with Gasteiger partial charge in [-0.05, 0) is 42.3 Å². The van der Waals surface area contributed by atoms with E-state index < -0.39 is 0 Å². The van der Waals surface area contributed by atoms with Crippen molar-refractivity contribution < 1.29 is 4.74 Å². The van der Waals surface area contributed by atoms with E-state index in [0.29, 0.717) is 10.8 Å². The molecule has 18 heavy (non-hydrogen) atoms. The maximum Gasteiger partial charge on any atom is 0.146 e. The molecule has 0 N–H and O–H groups in total. The first kappa shape index (κ1) is 13.9. The van der Waals surface area contributed by atoms with Crippen molar-refractivity contribution in [3.63, 3.8) is 0 Å². The summed E-state index contributed by atoms with van der Waals surface area (Å²) >= 11 is 13.0. The van der Waals surface area contributed by atoms with E-state index in [0.717, 1.165) is 21.1 Å². The van der Waals surface area contributed by atoms with Gasteiger partial charge in [-0.2, -0.15) is 0 Å². The second-order valence-corrected chi connectivity index (χ2v) is 5.75. The van der Waals surface area contributed by atoms with E-state index in [1.165, 1.54) is 5.56 Å². The fourth-order valence-corrected chi connectivity index (χ4v) is 3.03. The van der Waals surface area contributed by atoms with Gasteiger partial charge in [0.15, 0.2) is 0 Å². The zero-order valence-electron chi connectivity index (χ0n) is 9.71. The van der Waals surface area contributed by atoms with E-state index in [1.807, 2.05) is 43.3 Å². The lowest BCUT2D eigenvalue weighted by molar-refractivity contribution is 0.482. The minimum Gasteiger partial charge on any atom is -0.456 e. The zero-order chi connectivity index (χ0) is 13.1. The molecule has 0 bridgehead atoms. The largest absolute Gasteiger partial charge is 0.456 e. The van der Waals surface area contributed by atoms with Crippen LogP contribution in [-0.2, 0) is 5.33 Å². The third-order valence-corrected chi connectivity index (χ3v) is 4.14. The Labute approximate surface area is 128 Å². The molecule has 0 spiro atoms. The van der Waals surface area contributed by atoms with Crippen LogP contribution in [0.5, 0.6) is 11.5 Å². The van der Waals surface area contributed by atoms with E-state index in [1.54, 1.807) is 0 Å². The molecule has 2 aromatic rings. The van der Waals surface area contributed by atoms with Crippen LogP contribution in [0.2, 0.25) is 5.02 Å². The van der Waals surface area contributed by atoms with Gasteiger partial charge in [-0.25, -0.2) is 0 Å². The van der Waals surface area contributed by atoms with Gasteiger partial charge in [0.2, 0.25) is 0 Å². The number of hydrogen-bond acceptors (Lipinski definition) is 1. The summed E-state index contributed by atoms with van der Waals surface area (Å²) in [6, 6.07) is 11.6. The molecule has 0 saturated carbocycles. The lowest BCUT2D eigenvalue weighted by Gasteiger charge is -2.10. The van der Waals surface area contributed by atoms with Gasteiger partial charge in [-0.3, -0.25) is 0 Å². The van der Waals surface area contributed by atoms with Gasteiger partial charge < -0.3 is 4.74 Å². The van der Waals surface area contributed by atoms with Crippen LogP contribution >= 0.6 is 43.5 Å². The Morgan fingerprint density at radius 2 is 1.94 bits per heavy atom. The second kappa shape index (κ2) is 6.09. The Bertz CT molecular complexity index is 570. The van der Waals surface area contributed by atoms with E-state index >= 15 is 0 Å². The van der Waals surface area contributed by atoms with Crippen LogP contribution in [0.25, 0.3) is 0 Å². The third-order valence-electron chi connectivity index (χ3n) is 2.48. The maximum atomic E-state index is 6.10. The Morgan fingerprint density at radius 1 is 1.17 bits per heavy atom. The van der Waals surface area contributed by atoms with Crippen LogP contribution in [0.4, 0.5) is 0 Å². The summed E-state index contributed by atoms with van der Waals surface area (Å²) in [6.45, 7) is 2.01. The zero-order valence-corrected chi connectivity index (χ0v) is 13.6. The Hall–Kier alpha value is -0.510. The minimum absolute atomic E-state index is 0.612. The van der Waals surface area contributed by atoms with Crippen molar-refractivity contribution in [1.29, 1.82) is 0 Å². The number of alkyl halides is 1. The molecular weight excluding hydrogens is 379 g/mol. The normalized spacial score (nSPS) is 10.4. The van der Waals surface area contributed by atoms with Gasteiger partial charge in [0.1, 0.15) is 11.5 Å². The number of ether oxygens (including phenoxy) is 1. The Balaban J connectivity index is 2.28. The summed E-state index contributed by atoms with van der Waals surface area (Å²) < 4.78 is 6.81. The van der Waals surface area contributed by atoms with Gasteiger partial charge in [-0.15, -0.1) is 0 Å². The van der Waals surface area contributed by atoms with Gasteiger partial charge >= 0.3 is 0 Å². The molecule has 0 saturated heterocycles. The third kappa shape index (κ3) is 3.28. The van der Waals surface area contributed by atoms with Crippen LogP contribution < -0.4 is 4.74 Å². The summed E-state index contributed by atoms with van der Waals surface area (Å²) in [4.78, 5) is 0. The molecule has 2 aromatic carbocycles. The molecule has 2 rings (SSSR count). The molecule has 1 nitrogen and oxygen atoms in total. The van der Waals surface area contributed by atoms with Crippen LogP contribution in [0.1, 0.15) is 11.1 Å². The summed E-state index contributed by atoms with van der Waals surface area (Å²) in [5, 5.41) is 1.42. The molecule has 0 heterocycles. The molecule has 0 aliphatic carbocycles. The van der Waals surface area contributed by atoms with Crippen molar-refractivity contribution in [2.75, 3.05) is 0 Å². The summed E-state index contributed by atoms with van der Waals surface area (Å²) in [6.07, 6.45) is 0. The van der Waals surface area contributed by atoms with Crippen molar-refractivity contribution in [2.45, 2.75) is 12.3 Å². The number of hydrogen-bond donors (Lipinski definition) is 0. The molecule has 0 atom stereocenters. The van der Waals surface area contributed by atoms with Gasteiger partial charge in [-0.1, -0.05) is 55.6 Å². The first-order chi connectivity index (χ1) is 8.60. The fourth-order valence-electron chi connectivity index (χ4n) is 1.52. The molecule has 0 aliphatic heterocycles. The van der Waals surface area contributed by atoms with E-state index in [2.05, 4.69) is 31.9 Å². The average Bonchev–Trinajstić information content (AvgIpc) is 2.34. The highest BCUT2D eigenvalue weighted by atomic mass is 79.9. The Kier molecular flexibility index (Phi) is 4.71. The second-order valence-electron chi connectivity index (χ2n) is 3.92. The van der Waals surface area contributed by atoms with Gasteiger partial charge in [0, 0.05) is 9.80 Å². The van der Waals surface area contributed by atoms with E-state index in [4.69, 9.17) is 16.3 Å². The number of benzene rings is 2. The molecule has 0 aromatic heterocycles. The van der Waals surface area contributed by atoms with Gasteiger partial charge in [0.05, 0.1) is 5.02 Å². The molecule has 4 heteroatoms. The van der Waals surface area contributed by atoms with Crippen molar-refractivity contribution in [3.8, 4) is 11.5 Å². The first-order valence-corrected chi connectivity index (χ1v) is 7.68. The number of rotatable bonds is 3. The minimum atomic E-state index is 0.612. The predicted octanol–water partition coefficient (Wildman–Crippen LogP) is 6.10. The van der Waals surface area contributed by atoms with Crippen LogP contribution in [0, 0.1) is 6.92 Å². The topological polar surface area (TPSA) is 9.23 Å². The lowest BCUT2D eigenvalue weighted by Crippen LogP contribution is -1.88. The maximum absolute atomic E-state index is 6.10. The summed E-state index contributed by atoms with van der Waals surface area (Å²) in [7, 11) is 0. The van der Waals surface area contributed by atoms with Crippen molar-refractivity contribution in [3.05, 3.63) is 57.0 Å². The summed E-state index contributed by atoms with van der Waals surface area (Å²) in [5.41, 5.74) is 2.29. The highest BCUT2D eigenvalue weighted by Gasteiger charge is 2.05. The van der Waals surface area contributed by atoms with Crippen LogP contribution in [-0.4, -0.2) is 0 Å². The van der Waals surface area contributed by atoms with Crippen LogP contribution in [0.3, 0.4) is 0 Å². The summed E-state index contributed by atoms with van der Waals surface area (Å²) in [5.74, 6) is 1.44.